The van der Waals surface area contributed by atoms with Crippen molar-refractivity contribution >= 4 is 14.1 Å². The van der Waals surface area contributed by atoms with Gasteiger partial charge in [0.15, 0.2) is 12.1 Å². The zero-order valence-corrected chi connectivity index (χ0v) is 8.02. The highest BCUT2D eigenvalue weighted by atomic mass is 16.8. The van der Waals surface area contributed by atoms with Crippen LogP contribution in [0.15, 0.2) is 0 Å². The zero-order valence-electron chi connectivity index (χ0n) is 8.02. The van der Waals surface area contributed by atoms with Crippen molar-refractivity contribution in [1.82, 2.24) is 0 Å². The van der Waals surface area contributed by atoms with Crippen molar-refractivity contribution in [3.8, 4) is 0 Å². The Morgan fingerprint density at radius 1 is 1.38 bits per heavy atom. The Kier molecular flexibility index (Phi) is 1.98. The summed E-state index contributed by atoms with van der Waals surface area (Å²) >= 11 is 0. The summed E-state index contributed by atoms with van der Waals surface area (Å²) in [6, 6.07) is 0. The molecule has 2 fully saturated rings. The molecule has 0 aromatic carbocycles. The zero-order chi connectivity index (χ0) is 9.64. The van der Waals surface area contributed by atoms with Crippen LogP contribution in [0.2, 0.25) is 5.82 Å². The van der Waals surface area contributed by atoms with Gasteiger partial charge in [0.25, 0.3) is 0 Å². The van der Waals surface area contributed by atoms with Crippen molar-refractivity contribution in [1.29, 1.82) is 0 Å². The van der Waals surface area contributed by atoms with Gasteiger partial charge in [-0.1, -0.05) is 0 Å². The first-order valence-corrected chi connectivity index (χ1v) is 4.50. The van der Waals surface area contributed by atoms with E-state index >= 15 is 0 Å². The van der Waals surface area contributed by atoms with E-state index in [1.54, 1.807) is 0 Å². The predicted octanol–water partition coefficient (Wildman–Crippen LogP) is -0.517. The van der Waals surface area contributed by atoms with Crippen molar-refractivity contribution in [3.63, 3.8) is 0 Å². The standard InChI is InChI=1S/C8H13BO4/c1-8(2)12-6-5(9)4(3-10)11-7(6)13-8/h3-7H,9H2,1-2H3/t4-,5+,6-,7-/m1/s1. The normalized spacial score (nSPS) is 47.5. The summed E-state index contributed by atoms with van der Waals surface area (Å²) in [5.74, 6) is -0.512. The van der Waals surface area contributed by atoms with Gasteiger partial charge in [0.2, 0.25) is 0 Å². The van der Waals surface area contributed by atoms with Gasteiger partial charge < -0.3 is 19.0 Å². The average Bonchev–Trinajstić information content (AvgIpc) is 2.47. The maximum absolute atomic E-state index is 10.6. The van der Waals surface area contributed by atoms with Crippen LogP contribution in [0.5, 0.6) is 0 Å². The number of aldehydes is 1. The Bertz CT molecular complexity index is 230. The van der Waals surface area contributed by atoms with Gasteiger partial charge in [-0.3, -0.25) is 0 Å². The van der Waals surface area contributed by atoms with E-state index < -0.39 is 5.79 Å². The smallest absolute Gasteiger partial charge is 0.187 e. The maximum atomic E-state index is 10.6. The summed E-state index contributed by atoms with van der Waals surface area (Å²) in [6.07, 6.45) is -0.0561. The fraction of sp³-hybridized carbons (Fsp3) is 0.875. The quantitative estimate of drug-likeness (QED) is 0.406. The van der Waals surface area contributed by atoms with Gasteiger partial charge in [0.05, 0.1) is 0 Å². The van der Waals surface area contributed by atoms with Crippen molar-refractivity contribution in [2.45, 2.75) is 43.9 Å². The maximum Gasteiger partial charge on any atom is 0.187 e. The Hall–Kier alpha value is -0.385. The number of fused-ring (bicyclic) bond motifs is 1. The van der Waals surface area contributed by atoms with Crippen molar-refractivity contribution in [2.75, 3.05) is 0 Å². The predicted molar refractivity (Wildman–Crippen MR) is 47.1 cm³/mol. The molecule has 0 aromatic heterocycles. The molecule has 4 nitrogen and oxygen atoms in total. The van der Waals surface area contributed by atoms with E-state index in [0.717, 1.165) is 6.29 Å². The average molecular weight is 184 g/mol. The molecule has 2 aliphatic rings. The van der Waals surface area contributed by atoms with Crippen LogP contribution in [-0.4, -0.2) is 38.4 Å². The topological polar surface area (TPSA) is 44.8 Å². The minimum Gasteiger partial charge on any atom is -0.342 e. The second-order valence-corrected chi connectivity index (χ2v) is 4.06. The van der Waals surface area contributed by atoms with E-state index in [0.29, 0.717) is 0 Å². The second kappa shape index (κ2) is 2.80. The monoisotopic (exact) mass is 184 g/mol. The summed E-state index contributed by atoms with van der Waals surface area (Å²) < 4.78 is 16.4. The molecule has 0 saturated carbocycles. The number of carbonyl (C=O) groups is 1. The van der Waals surface area contributed by atoms with Crippen LogP contribution in [0.4, 0.5) is 0 Å². The number of carbonyl (C=O) groups excluding carboxylic acids is 1. The van der Waals surface area contributed by atoms with E-state index in [-0.39, 0.29) is 24.3 Å². The van der Waals surface area contributed by atoms with Gasteiger partial charge in [-0.25, -0.2) is 0 Å². The number of rotatable bonds is 1. The number of hydrogen-bond acceptors (Lipinski definition) is 4. The molecule has 2 heterocycles. The molecule has 0 aromatic rings. The van der Waals surface area contributed by atoms with Crippen LogP contribution in [0, 0.1) is 0 Å². The molecule has 0 spiro atoms. The van der Waals surface area contributed by atoms with Gasteiger partial charge in [0.1, 0.15) is 26.3 Å². The molecular weight excluding hydrogens is 171 g/mol. The third kappa shape index (κ3) is 1.41. The fourth-order valence-electron chi connectivity index (χ4n) is 1.84. The summed E-state index contributed by atoms with van der Waals surface area (Å²) in [5.41, 5.74) is 0. The minimum atomic E-state index is -0.586. The van der Waals surface area contributed by atoms with Crippen LogP contribution < -0.4 is 0 Å². The summed E-state index contributed by atoms with van der Waals surface area (Å²) in [4.78, 5) is 10.6. The third-order valence-electron chi connectivity index (χ3n) is 2.55. The molecule has 0 aliphatic carbocycles. The molecule has 0 N–H and O–H groups in total. The number of hydrogen-bond donors (Lipinski definition) is 0. The molecular formula is C8H13BO4. The van der Waals surface area contributed by atoms with Crippen molar-refractivity contribution in [3.05, 3.63) is 0 Å². The second-order valence-electron chi connectivity index (χ2n) is 4.06. The molecule has 4 atom stereocenters. The molecule has 0 amide bonds. The van der Waals surface area contributed by atoms with E-state index in [1.165, 1.54) is 0 Å². The highest BCUT2D eigenvalue weighted by Gasteiger charge is 2.52. The lowest BCUT2D eigenvalue weighted by Gasteiger charge is -2.21. The third-order valence-corrected chi connectivity index (χ3v) is 2.55. The van der Waals surface area contributed by atoms with Crippen LogP contribution in [0.3, 0.4) is 0 Å². The molecule has 72 valence electrons. The largest absolute Gasteiger partial charge is 0.342 e. The van der Waals surface area contributed by atoms with Gasteiger partial charge >= 0.3 is 0 Å². The first kappa shape index (κ1) is 9.18. The van der Waals surface area contributed by atoms with Crippen molar-refractivity contribution < 1.29 is 19.0 Å². The van der Waals surface area contributed by atoms with E-state index in [9.17, 15) is 4.79 Å². The number of ether oxygens (including phenoxy) is 3. The summed E-state index contributed by atoms with van der Waals surface area (Å²) in [7, 11) is 1.94. The van der Waals surface area contributed by atoms with Crippen LogP contribution in [-0.2, 0) is 19.0 Å². The summed E-state index contributed by atoms with van der Waals surface area (Å²) in [6.45, 7) is 3.69. The van der Waals surface area contributed by atoms with E-state index in [1.807, 2.05) is 21.7 Å². The molecule has 0 unspecified atom stereocenters. The van der Waals surface area contributed by atoms with Crippen molar-refractivity contribution in [2.24, 2.45) is 0 Å². The molecule has 13 heavy (non-hydrogen) atoms. The Balaban J connectivity index is 2.11. The lowest BCUT2D eigenvalue weighted by Crippen LogP contribution is -2.27. The van der Waals surface area contributed by atoms with Gasteiger partial charge in [-0.2, -0.15) is 0 Å². The van der Waals surface area contributed by atoms with Gasteiger partial charge in [-0.15, -0.1) is 0 Å². The molecule has 2 aliphatic heterocycles. The first-order chi connectivity index (χ1) is 6.03. The fourth-order valence-corrected chi connectivity index (χ4v) is 1.84. The van der Waals surface area contributed by atoms with Crippen LogP contribution >= 0.6 is 0 Å². The molecule has 5 heteroatoms. The van der Waals surface area contributed by atoms with E-state index in [4.69, 9.17) is 14.2 Å². The first-order valence-electron chi connectivity index (χ1n) is 4.50. The highest BCUT2D eigenvalue weighted by Crippen LogP contribution is 2.41. The molecule has 2 rings (SSSR count). The van der Waals surface area contributed by atoms with Crippen LogP contribution in [0.1, 0.15) is 13.8 Å². The Morgan fingerprint density at radius 3 is 2.62 bits per heavy atom. The van der Waals surface area contributed by atoms with Gasteiger partial charge in [-0.05, 0) is 19.7 Å². The lowest BCUT2D eigenvalue weighted by atomic mass is 9.80. The van der Waals surface area contributed by atoms with Gasteiger partial charge in [0, 0.05) is 0 Å². The minimum absolute atomic E-state index is 0.0734. The Morgan fingerprint density at radius 2 is 2.08 bits per heavy atom. The SMILES string of the molecule is B[C@@H]1[C@H]2OC(C)(C)O[C@H]2O[C@@H]1C=O. The molecule has 0 radical (unpaired) electrons. The highest BCUT2D eigenvalue weighted by molar-refractivity contribution is 6.14. The summed E-state index contributed by atoms with van der Waals surface area (Å²) in [5, 5.41) is 0. The van der Waals surface area contributed by atoms with E-state index in [2.05, 4.69) is 0 Å². The lowest BCUT2D eigenvalue weighted by molar-refractivity contribution is -0.202. The Labute approximate surface area is 77.9 Å². The molecule has 0 bridgehead atoms. The van der Waals surface area contributed by atoms with Crippen LogP contribution in [0.25, 0.3) is 0 Å². The molecule has 2 saturated heterocycles.